The van der Waals surface area contributed by atoms with E-state index in [2.05, 4.69) is 19.9 Å². The van der Waals surface area contributed by atoms with Crippen LogP contribution in [0.15, 0.2) is 30.3 Å². The first-order valence-corrected chi connectivity index (χ1v) is 13.7. The molecule has 1 N–H and O–H groups in total. The Labute approximate surface area is 185 Å². The Morgan fingerprint density at radius 3 is 2.03 bits per heavy atom. The average molecular weight is 435 g/mol. The van der Waals surface area contributed by atoms with E-state index in [9.17, 15) is 13.0 Å². The van der Waals surface area contributed by atoms with Gasteiger partial charge < -0.3 is 0 Å². The van der Waals surface area contributed by atoms with Gasteiger partial charge in [-0.3, -0.25) is 4.55 Å². The van der Waals surface area contributed by atoms with Gasteiger partial charge in [-0.05, 0) is 42.4 Å². The van der Waals surface area contributed by atoms with Gasteiger partial charge in [0, 0.05) is 0 Å². The van der Waals surface area contributed by atoms with E-state index in [1.165, 1.54) is 50.5 Å². The lowest BCUT2D eigenvalue weighted by Gasteiger charge is -2.36. The molecule has 0 fully saturated rings. The number of hydrogen-bond acceptors (Lipinski definition) is 2. The first-order chi connectivity index (χ1) is 14.5. The van der Waals surface area contributed by atoms with Crippen LogP contribution in [0.4, 0.5) is 0 Å². The summed E-state index contributed by atoms with van der Waals surface area (Å²) in [6.45, 7) is 4.40. The predicted octanol–water partition coefficient (Wildman–Crippen LogP) is 8.06. The van der Waals surface area contributed by atoms with Crippen LogP contribution in [-0.2, 0) is 14.9 Å². The Kier molecular flexibility index (Phi) is 10.6. The lowest BCUT2D eigenvalue weighted by molar-refractivity contribution is 0.399. The highest BCUT2D eigenvalue weighted by molar-refractivity contribution is 7.86. The highest BCUT2D eigenvalue weighted by Gasteiger charge is 2.46. The molecule has 1 aliphatic rings. The van der Waals surface area contributed by atoms with Gasteiger partial charge in [0.15, 0.2) is 0 Å². The van der Waals surface area contributed by atoms with Gasteiger partial charge in [-0.15, -0.1) is 0 Å². The van der Waals surface area contributed by atoms with Crippen molar-refractivity contribution in [3.05, 3.63) is 41.5 Å². The van der Waals surface area contributed by atoms with E-state index in [1.807, 2.05) is 24.3 Å². The normalized spacial score (nSPS) is 18.8. The SMILES string of the molecule is CCCCCCCCCCC1=CCC(CCCCCC)(S(=O)(=O)O)c2ccccc21. The first kappa shape index (κ1) is 25.1. The summed E-state index contributed by atoms with van der Waals surface area (Å²) in [5.74, 6) is 0. The zero-order chi connectivity index (χ0) is 21.9. The van der Waals surface area contributed by atoms with Crippen LogP contribution in [0.2, 0.25) is 0 Å². The number of allylic oxidation sites excluding steroid dienone is 2. The maximum Gasteiger partial charge on any atom is 0.275 e. The molecule has 0 spiro atoms. The van der Waals surface area contributed by atoms with Gasteiger partial charge in [0.1, 0.15) is 4.75 Å². The number of hydrogen-bond donors (Lipinski definition) is 1. The highest BCUT2D eigenvalue weighted by atomic mass is 32.2. The van der Waals surface area contributed by atoms with Crippen molar-refractivity contribution in [1.82, 2.24) is 0 Å². The van der Waals surface area contributed by atoms with Crippen LogP contribution in [-0.4, -0.2) is 13.0 Å². The van der Waals surface area contributed by atoms with Crippen molar-refractivity contribution in [2.45, 2.75) is 115 Å². The van der Waals surface area contributed by atoms with E-state index in [0.29, 0.717) is 12.8 Å². The highest BCUT2D eigenvalue weighted by Crippen LogP contribution is 2.47. The summed E-state index contributed by atoms with van der Waals surface area (Å²) in [7, 11) is -4.20. The van der Waals surface area contributed by atoms with Gasteiger partial charge in [-0.1, -0.05) is 115 Å². The first-order valence-electron chi connectivity index (χ1n) is 12.2. The maximum absolute atomic E-state index is 12.6. The molecule has 2 rings (SSSR count). The van der Waals surface area contributed by atoms with E-state index in [1.54, 1.807) is 0 Å². The second-order valence-electron chi connectivity index (χ2n) is 8.98. The molecule has 0 aliphatic heterocycles. The average Bonchev–Trinajstić information content (AvgIpc) is 2.73. The fourth-order valence-corrected chi connectivity index (χ4v) is 5.95. The third-order valence-corrected chi connectivity index (χ3v) is 8.25. The smallest absolute Gasteiger partial charge is 0.275 e. The quantitative estimate of drug-likeness (QED) is 0.224. The minimum absolute atomic E-state index is 0.390. The molecular formula is C26H42O3S. The van der Waals surface area contributed by atoms with Crippen molar-refractivity contribution >= 4 is 15.7 Å². The largest absolute Gasteiger partial charge is 0.285 e. The van der Waals surface area contributed by atoms with Crippen LogP contribution in [0.3, 0.4) is 0 Å². The van der Waals surface area contributed by atoms with E-state index in [4.69, 9.17) is 0 Å². The van der Waals surface area contributed by atoms with Crippen molar-refractivity contribution in [2.24, 2.45) is 0 Å². The third kappa shape index (κ3) is 6.68. The molecule has 1 aromatic carbocycles. The van der Waals surface area contributed by atoms with Crippen LogP contribution in [0, 0.1) is 0 Å². The zero-order valence-electron chi connectivity index (χ0n) is 19.2. The van der Waals surface area contributed by atoms with E-state index < -0.39 is 14.9 Å². The Morgan fingerprint density at radius 1 is 0.833 bits per heavy atom. The molecule has 0 saturated carbocycles. The standard InChI is InChI=1S/C26H42O3S/c1-3-5-7-9-10-11-12-13-17-23-20-22-26(30(27,28)29,21-16-8-6-4-2)25-19-15-14-18-24(23)25/h14-15,18-20H,3-13,16-17,21-22H2,1-2H3,(H,27,28,29). The summed E-state index contributed by atoms with van der Waals surface area (Å²) in [5.41, 5.74) is 3.09. The fourth-order valence-electron chi connectivity index (χ4n) is 4.80. The summed E-state index contributed by atoms with van der Waals surface area (Å²) < 4.78 is 34.2. The molecule has 0 radical (unpaired) electrons. The van der Waals surface area contributed by atoms with Crippen LogP contribution < -0.4 is 0 Å². The molecular weight excluding hydrogens is 392 g/mol. The number of rotatable bonds is 15. The molecule has 0 bridgehead atoms. The molecule has 3 nitrogen and oxygen atoms in total. The van der Waals surface area contributed by atoms with E-state index in [-0.39, 0.29) is 0 Å². The molecule has 1 aromatic rings. The van der Waals surface area contributed by atoms with Crippen molar-refractivity contribution in [3.8, 4) is 0 Å². The third-order valence-electron chi connectivity index (χ3n) is 6.67. The monoisotopic (exact) mass is 434 g/mol. The number of fused-ring (bicyclic) bond motifs is 1. The molecule has 0 saturated heterocycles. The summed E-state index contributed by atoms with van der Waals surface area (Å²) >= 11 is 0. The molecule has 4 heteroatoms. The maximum atomic E-state index is 12.6. The predicted molar refractivity (Wildman–Crippen MR) is 128 cm³/mol. The van der Waals surface area contributed by atoms with Crippen molar-refractivity contribution in [1.29, 1.82) is 0 Å². The minimum atomic E-state index is -4.20. The molecule has 30 heavy (non-hydrogen) atoms. The van der Waals surface area contributed by atoms with Crippen LogP contribution >= 0.6 is 0 Å². The topological polar surface area (TPSA) is 54.4 Å². The fraction of sp³-hybridized carbons (Fsp3) is 0.692. The Hall–Kier alpha value is -1.13. The van der Waals surface area contributed by atoms with Gasteiger partial charge in [-0.25, -0.2) is 0 Å². The van der Waals surface area contributed by atoms with Gasteiger partial charge in [0.2, 0.25) is 0 Å². The summed E-state index contributed by atoms with van der Waals surface area (Å²) in [4.78, 5) is 0. The van der Waals surface area contributed by atoms with Crippen molar-refractivity contribution in [2.75, 3.05) is 0 Å². The summed E-state index contributed by atoms with van der Waals surface area (Å²) in [6.07, 6.45) is 18.3. The summed E-state index contributed by atoms with van der Waals surface area (Å²) in [5, 5.41) is 0. The van der Waals surface area contributed by atoms with Crippen LogP contribution in [0.5, 0.6) is 0 Å². The second-order valence-corrected chi connectivity index (χ2v) is 10.7. The minimum Gasteiger partial charge on any atom is -0.285 e. The van der Waals surface area contributed by atoms with Crippen molar-refractivity contribution in [3.63, 3.8) is 0 Å². The lowest BCUT2D eigenvalue weighted by Crippen LogP contribution is -2.37. The molecule has 0 aromatic heterocycles. The Morgan fingerprint density at radius 2 is 1.40 bits per heavy atom. The lowest BCUT2D eigenvalue weighted by atomic mass is 9.78. The zero-order valence-corrected chi connectivity index (χ0v) is 20.0. The molecule has 0 heterocycles. The van der Waals surface area contributed by atoms with Crippen LogP contribution in [0.1, 0.15) is 121 Å². The molecule has 170 valence electrons. The van der Waals surface area contributed by atoms with E-state index >= 15 is 0 Å². The number of unbranched alkanes of at least 4 members (excludes halogenated alkanes) is 10. The van der Waals surface area contributed by atoms with Gasteiger partial charge >= 0.3 is 0 Å². The van der Waals surface area contributed by atoms with Gasteiger partial charge in [-0.2, -0.15) is 8.42 Å². The second kappa shape index (κ2) is 12.7. The van der Waals surface area contributed by atoms with Gasteiger partial charge in [0.05, 0.1) is 0 Å². The molecule has 0 amide bonds. The molecule has 1 aliphatic carbocycles. The summed E-state index contributed by atoms with van der Waals surface area (Å²) in [6, 6.07) is 7.85. The Bertz CT molecular complexity index is 766. The number of benzene rings is 1. The molecule has 1 atom stereocenters. The van der Waals surface area contributed by atoms with Crippen molar-refractivity contribution < 1.29 is 13.0 Å². The Balaban J connectivity index is 2.04. The molecule has 1 unspecified atom stereocenters. The van der Waals surface area contributed by atoms with Gasteiger partial charge in [0.25, 0.3) is 10.1 Å². The van der Waals surface area contributed by atoms with E-state index in [0.717, 1.165) is 49.7 Å². The van der Waals surface area contributed by atoms with Crippen LogP contribution in [0.25, 0.3) is 5.57 Å².